The summed E-state index contributed by atoms with van der Waals surface area (Å²) in [6.07, 6.45) is 1.46. The van der Waals surface area contributed by atoms with Gasteiger partial charge in [-0.15, -0.1) is 0 Å². The normalized spacial score (nSPS) is 17.0. The highest BCUT2D eigenvalue weighted by Crippen LogP contribution is 2.18. The first kappa shape index (κ1) is 18.4. The summed E-state index contributed by atoms with van der Waals surface area (Å²) in [5, 5.41) is 0. The Morgan fingerprint density at radius 3 is 2.41 bits per heavy atom. The third-order valence-electron chi connectivity index (χ3n) is 3.76. The second-order valence-electron chi connectivity index (χ2n) is 5.84. The molecule has 1 fully saturated rings. The van der Waals surface area contributed by atoms with Crippen molar-refractivity contribution < 1.29 is 19.1 Å². The van der Waals surface area contributed by atoms with E-state index in [2.05, 4.69) is 0 Å². The van der Waals surface area contributed by atoms with E-state index >= 15 is 0 Å². The molecule has 7 nitrogen and oxygen atoms in total. The van der Waals surface area contributed by atoms with Gasteiger partial charge in [0.05, 0.1) is 19.1 Å². The number of likely N-dealkylation sites (N-methyl/N-ethyl adjacent to an activating group) is 1. The molecule has 7 heteroatoms. The van der Waals surface area contributed by atoms with Gasteiger partial charge in [0.1, 0.15) is 0 Å². The van der Waals surface area contributed by atoms with E-state index in [0.29, 0.717) is 32.5 Å². The topological polar surface area (TPSA) is 92.9 Å². The molecule has 22 heavy (non-hydrogen) atoms. The molecule has 1 aliphatic rings. The zero-order valence-electron chi connectivity index (χ0n) is 13.7. The molecule has 0 aromatic heterocycles. The highest BCUT2D eigenvalue weighted by Gasteiger charge is 2.28. The molecule has 0 spiro atoms. The molecule has 0 radical (unpaired) electrons. The Hall–Kier alpha value is -1.63. The van der Waals surface area contributed by atoms with Gasteiger partial charge in [0, 0.05) is 32.6 Å². The summed E-state index contributed by atoms with van der Waals surface area (Å²) in [5.41, 5.74) is 5.59. The zero-order valence-corrected chi connectivity index (χ0v) is 13.7. The smallest absolute Gasteiger partial charge is 0.309 e. The lowest BCUT2D eigenvalue weighted by Crippen LogP contribution is -2.46. The fraction of sp³-hybridized carbons (Fsp3) is 0.800. The highest BCUT2D eigenvalue weighted by molar-refractivity contribution is 5.85. The van der Waals surface area contributed by atoms with Crippen molar-refractivity contribution >= 4 is 17.8 Å². The molecule has 2 N–H and O–H groups in total. The predicted octanol–water partition coefficient (Wildman–Crippen LogP) is -0.0162. The van der Waals surface area contributed by atoms with Gasteiger partial charge in [0.25, 0.3) is 0 Å². The van der Waals surface area contributed by atoms with Gasteiger partial charge in [-0.05, 0) is 26.7 Å². The maximum Gasteiger partial charge on any atom is 0.309 e. The summed E-state index contributed by atoms with van der Waals surface area (Å²) in [7, 11) is 1.61. The van der Waals surface area contributed by atoms with Crippen molar-refractivity contribution in [1.82, 2.24) is 9.80 Å². The van der Waals surface area contributed by atoms with Crippen LogP contribution in [0.4, 0.5) is 0 Å². The van der Waals surface area contributed by atoms with Crippen LogP contribution in [-0.4, -0.2) is 66.9 Å². The largest absolute Gasteiger partial charge is 0.466 e. The van der Waals surface area contributed by atoms with Crippen LogP contribution in [-0.2, 0) is 19.1 Å². The van der Waals surface area contributed by atoms with Gasteiger partial charge in [-0.25, -0.2) is 0 Å². The Morgan fingerprint density at radius 1 is 1.32 bits per heavy atom. The molecule has 1 heterocycles. The summed E-state index contributed by atoms with van der Waals surface area (Å²) < 4.78 is 5.00. The standard InChI is InChI=1S/C15H27N3O4/c1-4-22-15(21)12-5-7-18(8-6-12)14(20)10-17(3)13(19)9-11(2)16/h11-12H,4-10,16H2,1-3H3. The summed E-state index contributed by atoms with van der Waals surface area (Å²) >= 11 is 0. The third-order valence-corrected chi connectivity index (χ3v) is 3.76. The number of rotatable bonds is 6. The number of esters is 1. The number of hydrogen-bond donors (Lipinski definition) is 1. The zero-order chi connectivity index (χ0) is 16.7. The van der Waals surface area contributed by atoms with E-state index in [-0.39, 0.29) is 42.7 Å². The average Bonchev–Trinajstić information content (AvgIpc) is 2.46. The fourth-order valence-corrected chi connectivity index (χ4v) is 2.45. The lowest BCUT2D eigenvalue weighted by Gasteiger charge is -2.32. The fourth-order valence-electron chi connectivity index (χ4n) is 2.45. The minimum absolute atomic E-state index is 0.0512. The number of hydrogen-bond acceptors (Lipinski definition) is 5. The maximum atomic E-state index is 12.2. The van der Waals surface area contributed by atoms with Gasteiger partial charge in [-0.3, -0.25) is 14.4 Å². The summed E-state index contributed by atoms with van der Waals surface area (Å²) in [5.74, 6) is -0.534. The van der Waals surface area contributed by atoms with E-state index in [9.17, 15) is 14.4 Å². The molecular formula is C15H27N3O4. The first-order valence-electron chi connectivity index (χ1n) is 7.79. The van der Waals surface area contributed by atoms with Crippen molar-refractivity contribution in [2.24, 2.45) is 11.7 Å². The molecule has 0 aliphatic carbocycles. The van der Waals surface area contributed by atoms with E-state index in [1.807, 2.05) is 0 Å². The number of nitrogens with two attached hydrogens (primary N) is 1. The van der Waals surface area contributed by atoms with E-state index < -0.39 is 0 Å². The Balaban J connectivity index is 2.39. The van der Waals surface area contributed by atoms with Crippen molar-refractivity contribution in [3.8, 4) is 0 Å². The van der Waals surface area contributed by atoms with Crippen LogP contribution >= 0.6 is 0 Å². The SMILES string of the molecule is CCOC(=O)C1CCN(C(=O)CN(C)C(=O)CC(C)N)CC1. The van der Waals surface area contributed by atoms with Crippen molar-refractivity contribution in [1.29, 1.82) is 0 Å². The third kappa shape index (κ3) is 5.63. The predicted molar refractivity (Wildman–Crippen MR) is 81.8 cm³/mol. The van der Waals surface area contributed by atoms with Crippen LogP contribution in [0.1, 0.15) is 33.1 Å². The molecule has 1 atom stereocenters. The molecule has 2 amide bonds. The minimum Gasteiger partial charge on any atom is -0.466 e. The molecular weight excluding hydrogens is 286 g/mol. The number of ether oxygens (including phenoxy) is 1. The van der Waals surface area contributed by atoms with Gasteiger partial charge in [0.15, 0.2) is 0 Å². The summed E-state index contributed by atoms with van der Waals surface area (Å²) in [4.78, 5) is 38.7. The van der Waals surface area contributed by atoms with Crippen LogP contribution < -0.4 is 5.73 Å². The van der Waals surface area contributed by atoms with Crippen molar-refractivity contribution in [2.45, 2.75) is 39.2 Å². The minimum atomic E-state index is -0.217. The molecule has 126 valence electrons. The van der Waals surface area contributed by atoms with Crippen LogP contribution in [0.15, 0.2) is 0 Å². The van der Waals surface area contributed by atoms with E-state index in [1.54, 1.807) is 25.8 Å². The van der Waals surface area contributed by atoms with E-state index in [0.717, 1.165) is 0 Å². The van der Waals surface area contributed by atoms with Gasteiger partial charge < -0.3 is 20.3 Å². The quantitative estimate of drug-likeness (QED) is 0.696. The monoisotopic (exact) mass is 313 g/mol. The van der Waals surface area contributed by atoms with Gasteiger partial charge in [-0.1, -0.05) is 0 Å². The second kappa shape index (κ2) is 8.73. The number of carbonyl (C=O) groups is 3. The number of nitrogens with zero attached hydrogens (tertiary/aromatic N) is 2. The molecule has 1 aliphatic heterocycles. The van der Waals surface area contributed by atoms with Crippen LogP contribution in [0, 0.1) is 5.92 Å². The van der Waals surface area contributed by atoms with Crippen molar-refractivity contribution in [3.63, 3.8) is 0 Å². The molecule has 0 aromatic rings. The van der Waals surface area contributed by atoms with Crippen molar-refractivity contribution in [3.05, 3.63) is 0 Å². The molecule has 0 saturated carbocycles. The lowest BCUT2D eigenvalue weighted by atomic mass is 9.97. The number of carbonyl (C=O) groups excluding carboxylic acids is 3. The molecule has 1 rings (SSSR count). The van der Waals surface area contributed by atoms with Gasteiger partial charge in [-0.2, -0.15) is 0 Å². The summed E-state index contributed by atoms with van der Waals surface area (Å²) in [6.45, 7) is 5.02. The Labute approximate surface area is 131 Å². The van der Waals surface area contributed by atoms with Crippen molar-refractivity contribution in [2.75, 3.05) is 33.3 Å². The van der Waals surface area contributed by atoms with E-state index in [1.165, 1.54) is 4.90 Å². The molecule has 0 bridgehead atoms. The average molecular weight is 313 g/mol. The highest BCUT2D eigenvalue weighted by atomic mass is 16.5. The van der Waals surface area contributed by atoms with E-state index in [4.69, 9.17) is 10.5 Å². The first-order valence-corrected chi connectivity index (χ1v) is 7.79. The summed E-state index contributed by atoms with van der Waals surface area (Å²) in [6, 6.07) is -0.217. The maximum absolute atomic E-state index is 12.2. The molecule has 0 aromatic carbocycles. The van der Waals surface area contributed by atoms with Gasteiger partial charge >= 0.3 is 5.97 Å². The molecule has 1 saturated heterocycles. The number of amides is 2. The van der Waals surface area contributed by atoms with Gasteiger partial charge in [0.2, 0.25) is 11.8 Å². The Bertz CT molecular complexity index is 404. The van der Waals surface area contributed by atoms with Crippen LogP contribution in [0.2, 0.25) is 0 Å². The lowest BCUT2D eigenvalue weighted by molar-refractivity contribution is -0.151. The Morgan fingerprint density at radius 2 is 1.91 bits per heavy atom. The van der Waals surface area contributed by atoms with Crippen LogP contribution in [0.5, 0.6) is 0 Å². The first-order chi connectivity index (χ1) is 10.3. The Kier molecular flexibility index (Phi) is 7.31. The molecule has 1 unspecified atom stereocenters. The van der Waals surface area contributed by atoms with Crippen LogP contribution in [0.25, 0.3) is 0 Å². The number of likely N-dealkylation sites (tertiary alicyclic amines) is 1. The second-order valence-corrected chi connectivity index (χ2v) is 5.84. The van der Waals surface area contributed by atoms with Crippen LogP contribution in [0.3, 0.4) is 0 Å². The number of piperidine rings is 1.